The quantitative estimate of drug-likeness (QED) is 0.763. The highest BCUT2D eigenvalue weighted by Crippen LogP contribution is 2.35. The molecule has 1 saturated heterocycles. The summed E-state index contributed by atoms with van der Waals surface area (Å²) in [4.78, 5) is 25.2. The van der Waals surface area contributed by atoms with Gasteiger partial charge in [0.2, 0.25) is 11.8 Å². The number of hydrogen-bond acceptors (Lipinski definition) is 4. The fourth-order valence-electron chi connectivity index (χ4n) is 2.95. The Morgan fingerprint density at radius 1 is 1.37 bits per heavy atom. The minimum Gasteiger partial charge on any atom is -0.406 e. The molecule has 0 aromatic heterocycles. The van der Waals surface area contributed by atoms with E-state index in [9.17, 15) is 22.8 Å². The van der Waals surface area contributed by atoms with Gasteiger partial charge < -0.3 is 19.7 Å². The van der Waals surface area contributed by atoms with Gasteiger partial charge in [0.1, 0.15) is 5.75 Å². The maximum atomic E-state index is 12.5. The van der Waals surface area contributed by atoms with E-state index in [-0.39, 0.29) is 12.3 Å². The number of halogens is 3. The number of rotatable bonds is 6. The Bertz CT molecular complexity index is 700. The van der Waals surface area contributed by atoms with Crippen LogP contribution in [0.15, 0.2) is 36.9 Å². The van der Waals surface area contributed by atoms with Crippen molar-refractivity contribution in [2.45, 2.75) is 24.7 Å². The van der Waals surface area contributed by atoms with Gasteiger partial charge >= 0.3 is 6.36 Å². The first-order chi connectivity index (χ1) is 12.6. The molecule has 0 atom stereocenters. The van der Waals surface area contributed by atoms with Crippen molar-refractivity contribution in [2.24, 2.45) is 0 Å². The van der Waals surface area contributed by atoms with Crippen LogP contribution in [0, 0.1) is 0 Å². The minimum atomic E-state index is -4.81. The lowest BCUT2D eigenvalue weighted by molar-refractivity contribution is -0.274. The van der Waals surface area contributed by atoms with Crippen LogP contribution in [-0.4, -0.2) is 49.9 Å². The van der Waals surface area contributed by atoms with Crippen molar-refractivity contribution in [1.29, 1.82) is 0 Å². The van der Waals surface area contributed by atoms with Gasteiger partial charge in [-0.1, -0.05) is 18.7 Å². The summed E-state index contributed by atoms with van der Waals surface area (Å²) in [6.07, 6.45) is -2.95. The topological polar surface area (TPSA) is 67.9 Å². The number of carbonyl (C=O) groups excluding carboxylic acids is 2. The van der Waals surface area contributed by atoms with Gasteiger partial charge in [-0.3, -0.25) is 9.59 Å². The van der Waals surface area contributed by atoms with Gasteiger partial charge in [-0.15, -0.1) is 13.2 Å². The molecule has 0 spiro atoms. The molecule has 1 aliphatic rings. The number of ether oxygens (including phenoxy) is 2. The monoisotopic (exact) mass is 386 g/mol. The molecule has 1 heterocycles. The summed E-state index contributed by atoms with van der Waals surface area (Å²) in [5, 5.41) is 2.86. The van der Waals surface area contributed by atoms with E-state index in [0.29, 0.717) is 31.6 Å². The first-order valence-electron chi connectivity index (χ1n) is 8.28. The molecule has 9 heteroatoms. The van der Waals surface area contributed by atoms with Crippen LogP contribution in [0.3, 0.4) is 0 Å². The van der Waals surface area contributed by atoms with Crippen molar-refractivity contribution < 1.29 is 32.2 Å². The summed E-state index contributed by atoms with van der Waals surface area (Å²) < 4.78 is 46.9. The van der Waals surface area contributed by atoms with Crippen LogP contribution in [0.1, 0.15) is 18.4 Å². The molecular weight excluding hydrogens is 365 g/mol. The van der Waals surface area contributed by atoms with E-state index in [0.717, 1.165) is 6.08 Å². The third kappa shape index (κ3) is 5.72. The molecule has 0 unspecified atom stereocenters. The van der Waals surface area contributed by atoms with E-state index in [1.54, 1.807) is 6.07 Å². The third-order valence-corrected chi connectivity index (χ3v) is 4.28. The molecule has 27 heavy (non-hydrogen) atoms. The molecule has 2 rings (SSSR count). The summed E-state index contributed by atoms with van der Waals surface area (Å²) >= 11 is 0. The van der Waals surface area contributed by atoms with Crippen molar-refractivity contribution in [3.05, 3.63) is 42.5 Å². The lowest BCUT2D eigenvalue weighted by Crippen LogP contribution is -2.52. The Morgan fingerprint density at radius 2 is 2.04 bits per heavy atom. The fourth-order valence-corrected chi connectivity index (χ4v) is 2.95. The summed E-state index contributed by atoms with van der Waals surface area (Å²) in [6, 6.07) is 5.53. The summed E-state index contributed by atoms with van der Waals surface area (Å²) in [5.41, 5.74) is -0.420. The third-order valence-electron chi connectivity index (χ3n) is 4.28. The molecule has 0 saturated carbocycles. The van der Waals surface area contributed by atoms with Crippen LogP contribution in [0.5, 0.6) is 5.75 Å². The second kappa shape index (κ2) is 8.43. The molecule has 148 valence electrons. The Balaban J connectivity index is 2.23. The van der Waals surface area contributed by atoms with Crippen LogP contribution in [0.25, 0.3) is 0 Å². The molecule has 1 aliphatic heterocycles. The molecule has 1 fully saturated rings. The van der Waals surface area contributed by atoms with Gasteiger partial charge in [-0.25, -0.2) is 0 Å². The maximum Gasteiger partial charge on any atom is 0.573 e. The summed E-state index contributed by atoms with van der Waals surface area (Å²) in [5.74, 6) is -1.21. The highest BCUT2D eigenvalue weighted by atomic mass is 19.4. The largest absolute Gasteiger partial charge is 0.573 e. The fraction of sp³-hybridized carbons (Fsp3) is 0.444. The normalized spacial score (nSPS) is 16.3. The number of likely N-dealkylation sites (N-methyl/N-ethyl adjacent to an activating group) is 1. The molecule has 0 aliphatic carbocycles. The van der Waals surface area contributed by atoms with Gasteiger partial charge in [0.25, 0.3) is 0 Å². The minimum absolute atomic E-state index is 0.202. The Kier molecular flexibility index (Phi) is 6.48. The molecule has 6 nitrogen and oxygen atoms in total. The van der Waals surface area contributed by atoms with Crippen molar-refractivity contribution in [3.8, 4) is 5.75 Å². The van der Waals surface area contributed by atoms with Crippen LogP contribution in [-0.2, 0) is 19.9 Å². The predicted octanol–water partition coefficient (Wildman–Crippen LogP) is 2.35. The molecule has 1 aromatic rings. The van der Waals surface area contributed by atoms with Gasteiger partial charge in [0.15, 0.2) is 0 Å². The Labute approximate surface area is 154 Å². The zero-order chi connectivity index (χ0) is 20.1. The molecule has 0 radical (unpaired) electrons. The van der Waals surface area contributed by atoms with E-state index < -0.39 is 23.7 Å². The van der Waals surface area contributed by atoms with Crippen LogP contribution >= 0.6 is 0 Å². The number of hydrogen-bond donors (Lipinski definition) is 1. The van der Waals surface area contributed by atoms with Crippen molar-refractivity contribution in [3.63, 3.8) is 0 Å². The number of alkyl halides is 3. The lowest BCUT2D eigenvalue weighted by Gasteiger charge is -2.39. The van der Waals surface area contributed by atoms with Crippen LogP contribution in [0.4, 0.5) is 13.2 Å². The molecular formula is C18H21F3N2O4. The van der Waals surface area contributed by atoms with Crippen LogP contribution in [0.2, 0.25) is 0 Å². The van der Waals surface area contributed by atoms with Crippen molar-refractivity contribution in [1.82, 2.24) is 10.2 Å². The van der Waals surface area contributed by atoms with Crippen molar-refractivity contribution >= 4 is 11.8 Å². The van der Waals surface area contributed by atoms with E-state index in [4.69, 9.17) is 4.74 Å². The van der Waals surface area contributed by atoms with E-state index in [2.05, 4.69) is 16.6 Å². The second-order valence-electron chi connectivity index (χ2n) is 6.22. The van der Waals surface area contributed by atoms with Gasteiger partial charge in [-0.05, 0) is 36.6 Å². The van der Waals surface area contributed by atoms with E-state index >= 15 is 0 Å². The standard InChI is InChI=1S/C18H21F3N2O4/c1-3-16(25)23(2)12-15(24)22-17(7-9-26-10-8-17)13-5-4-6-14(11-13)27-18(19,20)21/h3-6,11H,1,7-10,12H2,2H3,(H,22,24). The smallest absolute Gasteiger partial charge is 0.406 e. The highest BCUT2D eigenvalue weighted by molar-refractivity contribution is 5.90. The highest BCUT2D eigenvalue weighted by Gasteiger charge is 2.37. The average Bonchev–Trinajstić information content (AvgIpc) is 2.60. The Hall–Kier alpha value is -2.55. The van der Waals surface area contributed by atoms with E-state index in [1.165, 1.54) is 30.1 Å². The lowest BCUT2D eigenvalue weighted by atomic mass is 9.82. The second-order valence-corrected chi connectivity index (χ2v) is 6.22. The van der Waals surface area contributed by atoms with Gasteiger partial charge in [0.05, 0.1) is 12.1 Å². The molecule has 0 bridgehead atoms. The molecule has 2 amide bonds. The van der Waals surface area contributed by atoms with Crippen molar-refractivity contribution in [2.75, 3.05) is 26.8 Å². The van der Waals surface area contributed by atoms with Crippen LogP contribution < -0.4 is 10.1 Å². The SMILES string of the molecule is C=CC(=O)N(C)CC(=O)NC1(c2cccc(OC(F)(F)F)c2)CCOCC1. The summed E-state index contributed by atoms with van der Waals surface area (Å²) in [7, 11) is 1.46. The molecule has 1 N–H and O–H groups in total. The zero-order valence-corrected chi connectivity index (χ0v) is 14.8. The first kappa shape index (κ1) is 20.8. The number of carbonyl (C=O) groups is 2. The van der Waals surface area contributed by atoms with Gasteiger partial charge in [-0.2, -0.15) is 0 Å². The predicted molar refractivity (Wildman–Crippen MR) is 90.8 cm³/mol. The average molecular weight is 386 g/mol. The maximum absolute atomic E-state index is 12.5. The number of nitrogens with zero attached hydrogens (tertiary/aromatic N) is 1. The number of benzene rings is 1. The van der Waals surface area contributed by atoms with Gasteiger partial charge in [0, 0.05) is 20.3 Å². The summed E-state index contributed by atoms with van der Waals surface area (Å²) in [6.45, 7) is 3.84. The molecule has 1 aromatic carbocycles. The van der Waals surface area contributed by atoms with E-state index in [1.807, 2.05) is 0 Å². The zero-order valence-electron chi connectivity index (χ0n) is 14.8. The first-order valence-corrected chi connectivity index (χ1v) is 8.28. The Morgan fingerprint density at radius 3 is 2.63 bits per heavy atom. The number of nitrogens with one attached hydrogen (secondary N) is 1. The number of amides is 2.